The number of pyridine rings is 1. The number of rotatable bonds is 4. The van der Waals surface area contributed by atoms with E-state index in [0.717, 1.165) is 18.6 Å². The molecule has 13 heteroatoms. The SMILES string of the molecule is CC(O)(c1cnc(N2CCN(CC#CS(=O)(=O)c3ccc(N)nc3)CC2)nc1)C(F)(F)F. The highest BCUT2D eigenvalue weighted by Crippen LogP contribution is 2.38. The van der Waals surface area contributed by atoms with Gasteiger partial charge >= 0.3 is 6.18 Å². The average molecular weight is 470 g/mol. The highest BCUT2D eigenvalue weighted by molar-refractivity contribution is 7.96. The predicted octanol–water partition coefficient (Wildman–Crippen LogP) is 0.780. The maximum absolute atomic E-state index is 12.9. The van der Waals surface area contributed by atoms with E-state index in [2.05, 4.69) is 26.1 Å². The Morgan fingerprint density at radius 2 is 1.72 bits per heavy atom. The molecule has 0 saturated carbocycles. The lowest BCUT2D eigenvalue weighted by Gasteiger charge is -2.34. The van der Waals surface area contributed by atoms with E-state index in [1.807, 2.05) is 4.90 Å². The Bertz CT molecular complexity index is 1100. The number of hydrogen-bond acceptors (Lipinski definition) is 9. The van der Waals surface area contributed by atoms with Gasteiger partial charge < -0.3 is 15.7 Å². The van der Waals surface area contributed by atoms with E-state index in [4.69, 9.17) is 5.73 Å². The second-order valence-corrected chi connectivity index (χ2v) is 8.99. The number of nitrogens with two attached hydrogens (primary N) is 1. The van der Waals surface area contributed by atoms with Crippen molar-refractivity contribution in [2.24, 2.45) is 0 Å². The lowest BCUT2D eigenvalue weighted by Crippen LogP contribution is -2.47. The Hall–Kier alpha value is -2.95. The molecule has 0 spiro atoms. The standard InChI is InChI=1S/C19H21F3N6O3S/c1-18(29,19(20,21)22)14-11-25-17(26-12-14)28-8-6-27(7-9-28)5-2-10-32(30,31)15-3-4-16(23)24-13-15/h3-4,11-13,29H,5-9H2,1H3,(H2,23,24). The molecule has 0 aromatic carbocycles. The number of piperazine rings is 1. The first-order valence-corrected chi connectivity index (χ1v) is 10.9. The summed E-state index contributed by atoms with van der Waals surface area (Å²) in [6.45, 7) is 2.89. The molecule has 0 bridgehead atoms. The van der Waals surface area contributed by atoms with E-state index < -0.39 is 27.2 Å². The monoisotopic (exact) mass is 470 g/mol. The molecule has 32 heavy (non-hydrogen) atoms. The minimum Gasteiger partial charge on any atom is -0.384 e. The van der Waals surface area contributed by atoms with Crippen LogP contribution in [-0.4, -0.2) is 72.3 Å². The van der Waals surface area contributed by atoms with E-state index in [0.29, 0.717) is 33.1 Å². The average Bonchev–Trinajstić information content (AvgIpc) is 2.74. The number of halogens is 3. The normalized spacial score (nSPS) is 17.3. The maximum atomic E-state index is 12.9. The van der Waals surface area contributed by atoms with Crippen molar-refractivity contribution in [3.05, 3.63) is 36.3 Å². The van der Waals surface area contributed by atoms with Gasteiger partial charge in [-0.3, -0.25) is 4.90 Å². The van der Waals surface area contributed by atoms with Crippen molar-refractivity contribution in [1.29, 1.82) is 0 Å². The van der Waals surface area contributed by atoms with Crippen molar-refractivity contribution in [3.8, 4) is 11.2 Å². The molecule has 0 amide bonds. The molecule has 1 saturated heterocycles. The minimum absolute atomic E-state index is 0.0332. The Morgan fingerprint density at radius 3 is 2.25 bits per heavy atom. The lowest BCUT2D eigenvalue weighted by molar-refractivity contribution is -0.259. The smallest absolute Gasteiger partial charge is 0.384 e. The molecule has 2 aromatic heterocycles. The van der Waals surface area contributed by atoms with E-state index in [1.54, 1.807) is 4.90 Å². The van der Waals surface area contributed by atoms with Crippen LogP contribution in [0.1, 0.15) is 12.5 Å². The molecule has 1 unspecified atom stereocenters. The van der Waals surface area contributed by atoms with Crippen LogP contribution in [0.4, 0.5) is 24.9 Å². The van der Waals surface area contributed by atoms with Crippen LogP contribution < -0.4 is 10.6 Å². The van der Waals surface area contributed by atoms with Gasteiger partial charge in [-0.1, -0.05) is 5.92 Å². The second kappa shape index (κ2) is 8.89. The fourth-order valence-corrected chi connectivity index (χ4v) is 3.67. The number of alkyl halides is 3. The van der Waals surface area contributed by atoms with Crippen molar-refractivity contribution < 1.29 is 26.7 Å². The molecule has 172 valence electrons. The van der Waals surface area contributed by atoms with Crippen molar-refractivity contribution >= 4 is 21.6 Å². The van der Waals surface area contributed by atoms with Gasteiger partial charge in [0.25, 0.3) is 0 Å². The van der Waals surface area contributed by atoms with Crippen LogP contribution in [-0.2, 0) is 15.4 Å². The minimum atomic E-state index is -4.84. The molecule has 1 aliphatic rings. The molecule has 9 nitrogen and oxygen atoms in total. The second-order valence-electron chi connectivity index (χ2n) is 7.31. The van der Waals surface area contributed by atoms with Gasteiger partial charge in [0, 0.05) is 55.6 Å². The van der Waals surface area contributed by atoms with E-state index in [9.17, 15) is 26.7 Å². The molecule has 1 atom stereocenters. The van der Waals surface area contributed by atoms with Crippen LogP contribution in [0.5, 0.6) is 0 Å². The fraction of sp³-hybridized carbons (Fsp3) is 0.421. The Labute approximate surface area is 183 Å². The van der Waals surface area contributed by atoms with Crippen molar-refractivity contribution in [2.45, 2.75) is 23.6 Å². The van der Waals surface area contributed by atoms with Crippen LogP contribution in [0.2, 0.25) is 0 Å². The highest BCUT2D eigenvalue weighted by Gasteiger charge is 2.51. The van der Waals surface area contributed by atoms with Crippen LogP contribution in [0.15, 0.2) is 35.6 Å². The van der Waals surface area contributed by atoms with Crippen molar-refractivity contribution in [1.82, 2.24) is 19.9 Å². The zero-order valence-electron chi connectivity index (χ0n) is 17.0. The van der Waals surface area contributed by atoms with Gasteiger partial charge in [0.2, 0.25) is 15.8 Å². The summed E-state index contributed by atoms with van der Waals surface area (Å²) in [4.78, 5) is 15.3. The Morgan fingerprint density at radius 1 is 1.09 bits per heavy atom. The number of sulfone groups is 1. The summed E-state index contributed by atoms with van der Waals surface area (Å²) in [6, 6.07) is 2.72. The quantitative estimate of drug-likeness (QED) is 0.493. The largest absolute Gasteiger partial charge is 0.421 e. The van der Waals surface area contributed by atoms with Crippen LogP contribution in [0.25, 0.3) is 0 Å². The molecular weight excluding hydrogens is 449 g/mol. The molecule has 3 rings (SSSR count). The Balaban J connectivity index is 1.56. The van der Waals surface area contributed by atoms with Crippen LogP contribution in [0.3, 0.4) is 0 Å². The molecular formula is C19H21F3N6O3S. The van der Waals surface area contributed by atoms with Crippen LogP contribution >= 0.6 is 0 Å². The van der Waals surface area contributed by atoms with Gasteiger partial charge in [0.1, 0.15) is 5.82 Å². The van der Waals surface area contributed by atoms with Crippen molar-refractivity contribution in [2.75, 3.05) is 43.4 Å². The first kappa shape index (κ1) is 23.7. The number of hydrogen-bond donors (Lipinski definition) is 2. The lowest BCUT2D eigenvalue weighted by atomic mass is 9.99. The van der Waals surface area contributed by atoms with E-state index in [-0.39, 0.29) is 23.2 Å². The van der Waals surface area contributed by atoms with Gasteiger partial charge in [-0.15, -0.1) is 0 Å². The first-order chi connectivity index (χ1) is 14.9. The topological polar surface area (TPSA) is 126 Å². The van der Waals surface area contributed by atoms with Gasteiger partial charge in [-0.2, -0.15) is 13.2 Å². The van der Waals surface area contributed by atoms with Gasteiger partial charge in [-0.25, -0.2) is 23.4 Å². The van der Waals surface area contributed by atoms with E-state index >= 15 is 0 Å². The first-order valence-electron chi connectivity index (χ1n) is 9.45. The number of nitrogens with zero attached hydrogens (tertiary/aromatic N) is 5. The molecule has 0 radical (unpaired) electrons. The number of aromatic nitrogens is 3. The van der Waals surface area contributed by atoms with Gasteiger partial charge in [0.05, 0.1) is 11.4 Å². The Kier molecular flexibility index (Phi) is 6.59. The number of anilines is 2. The molecule has 3 N–H and O–H groups in total. The zero-order valence-corrected chi connectivity index (χ0v) is 17.9. The molecule has 2 aromatic rings. The maximum Gasteiger partial charge on any atom is 0.421 e. The molecule has 0 aliphatic carbocycles. The zero-order chi connectivity index (χ0) is 23.6. The summed E-state index contributed by atoms with van der Waals surface area (Å²) in [5.41, 5.74) is 1.97. The third-order valence-corrected chi connectivity index (χ3v) is 6.26. The fourth-order valence-electron chi connectivity index (χ4n) is 2.85. The summed E-state index contributed by atoms with van der Waals surface area (Å²) in [6.07, 6.45) is -1.77. The number of nitrogen functional groups attached to an aromatic ring is 1. The van der Waals surface area contributed by atoms with Crippen LogP contribution in [0, 0.1) is 11.2 Å². The highest BCUT2D eigenvalue weighted by atomic mass is 32.2. The van der Waals surface area contributed by atoms with Gasteiger partial charge in [0.15, 0.2) is 5.60 Å². The number of aliphatic hydroxyl groups is 1. The molecule has 3 heterocycles. The molecule has 1 fully saturated rings. The third kappa shape index (κ3) is 5.26. The summed E-state index contributed by atoms with van der Waals surface area (Å²) in [5.74, 6) is 3.10. The van der Waals surface area contributed by atoms with Crippen molar-refractivity contribution in [3.63, 3.8) is 0 Å². The predicted molar refractivity (Wildman–Crippen MR) is 110 cm³/mol. The summed E-state index contributed by atoms with van der Waals surface area (Å²) < 4.78 is 63.2. The summed E-state index contributed by atoms with van der Waals surface area (Å²) in [5, 5.41) is 12.0. The summed E-state index contributed by atoms with van der Waals surface area (Å²) >= 11 is 0. The van der Waals surface area contributed by atoms with Gasteiger partial charge in [-0.05, 0) is 19.1 Å². The van der Waals surface area contributed by atoms with E-state index in [1.165, 1.54) is 12.1 Å². The molecule has 1 aliphatic heterocycles. The third-order valence-electron chi connectivity index (χ3n) is 4.99. The summed E-state index contributed by atoms with van der Waals surface area (Å²) in [7, 11) is -3.80.